The lowest BCUT2D eigenvalue weighted by Gasteiger charge is -2.32. The maximum Gasteiger partial charge on any atom is 0.248 e. The van der Waals surface area contributed by atoms with Gasteiger partial charge in [-0.1, -0.05) is 51.5 Å². The van der Waals surface area contributed by atoms with Crippen molar-refractivity contribution in [3.05, 3.63) is 77.2 Å². The number of carbonyl (C=O) groups excluding carboxylic acids is 1. The highest BCUT2D eigenvalue weighted by molar-refractivity contribution is 5.93. The number of hydrogen-bond donors (Lipinski definition) is 3. The Morgan fingerprint density at radius 2 is 1.86 bits per heavy atom. The molecule has 0 aliphatic heterocycles. The number of carbonyl (C=O) groups is 1. The van der Waals surface area contributed by atoms with Crippen LogP contribution >= 0.6 is 0 Å². The van der Waals surface area contributed by atoms with Gasteiger partial charge in [0.2, 0.25) is 5.91 Å². The number of primary amides is 1. The van der Waals surface area contributed by atoms with Crippen LogP contribution in [0, 0.1) is 11.7 Å². The van der Waals surface area contributed by atoms with E-state index in [0.29, 0.717) is 29.3 Å². The summed E-state index contributed by atoms with van der Waals surface area (Å²) in [7, 11) is 0. The van der Waals surface area contributed by atoms with Gasteiger partial charge in [0.05, 0.1) is 11.2 Å². The zero-order valence-electron chi connectivity index (χ0n) is 17.6. The molecule has 1 amide bonds. The lowest BCUT2D eigenvalue weighted by molar-refractivity contribution is 0.1000. The molecule has 3 rings (SSSR count). The molecule has 1 aliphatic carbocycles. The van der Waals surface area contributed by atoms with Crippen LogP contribution in [0.3, 0.4) is 0 Å². The van der Waals surface area contributed by atoms with Crippen LogP contribution < -0.4 is 16.8 Å². The lowest BCUT2D eigenvalue weighted by Crippen LogP contribution is -2.38. The SMILES string of the molecule is C=C(C)Nc1cc(C(N)(CCC2CC2)c2cccc(C(N)=O)c2)ccc1F.CC. The van der Waals surface area contributed by atoms with E-state index < -0.39 is 11.4 Å². The summed E-state index contributed by atoms with van der Waals surface area (Å²) in [6.07, 6.45) is 4.14. The Balaban J connectivity index is 0.00000145. The van der Waals surface area contributed by atoms with Gasteiger partial charge in [-0.2, -0.15) is 0 Å². The number of amides is 1. The summed E-state index contributed by atoms with van der Waals surface area (Å²) < 4.78 is 14.2. The van der Waals surface area contributed by atoms with Gasteiger partial charge in [0.15, 0.2) is 0 Å². The standard InChI is InChI=1S/C22H26FN3O.C2H6/c1-14(2)26-20-13-18(8-9-19(20)23)22(25,11-10-15-6-7-15)17-5-3-4-16(12-17)21(24)27;1-2/h3-5,8-9,12-13,15,26H,1,6-7,10-11,25H2,2H3,(H2,24,27);1-2H3. The van der Waals surface area contributed by atoms with Crippen molar-refractivity contribution in [2.45, 2.75) is 52.0 Å². The van der Waals surface area contributed by atoms with Crippen molar-refractivity contribution in [2.24, 2.45) is 17.4 Å². The number of benzene rings is 2. The summed E-state index contributed by atoms with van der Waals surface area (Å²) in [6.45, 7) is 9.55. The zero-order valence-corrected chi connectivity index (χ0v) is 17.6. The van der Waals surface area contributed by atoms with Crippen LogP contribution in [0.5, 0.6) is 0 Å². The van der Waals surface area contributed by atoms with Crippen molar-refractivity contribution in [3.63, 3.8) is 0 Å². The third-order valence-corrected chi connectivity index (χ3v) is 5.14. The second kappa shape index (κ2) is 9.70. The molecular formula is C24H32FN3O. The van der Waals surface area contributed by atoms with Gasteiger partial charge >= 0.3 is 0 Å². The van der Waals surface area contributed by atoms with E-state index in [1.54, 1.807) is 37.3 Å². The maximum absolute atomic E-state index is 14.2. The molecule has 0 spiro atoms. The molecule has 1 fully saturated rings. The minimum atomic E-state index is -0.840. The van der Waals surface area contributed by atoms with Crippen LogP contribution in [0.25, 0.3) is 0 Å². The van der Waals surface area contributed by atoms with Gasteiger partial charge in [0.25, 0.3) is 0 Å². The molecule has 0 bridgehead atoms. The Morgan fingerprint density at radius 1 is 1.21 bits per heavy atom. The Kier molecular flexibility index (Phi) is 7.57. The average Bonchev–Trinajstić information content (AvgIpc) is 3.53. The van der Waals surface area contributed by atoms with Crippen LogP contribution in [-0.4, -0.2) is 5.91 Å². The number of allylic oxidation sites excluding steroid dienone is 1. The quantitative estimate of drug-likeness (QED) is 0.566. The molecule has 1 unspecified atom stereocenters. The van der Waals surface area contributed by atoms with Gasteiger partial charge in [-0.05, 0) is 61.1 Å². The summed E-state index contributed by atoms with van der Waals surface area (Å²) in [5.74, 6) is -0.164. The summed E-state index contributed by atoms with van der Waals surface area (Å²) in [4.78, 5) is 11.6. The van der Waals surface area contributed by atoms with Gasteiger partial charge in [-0.3, -0.25) is 4.79 Å². The fraction of sp³-hybridized carbons (Fsp3) is 0.375. The summed E-state index contributed by atoms with van der Waals surface area (Å²) in [5, 5.41) is 2.94. The van der Waals surface area contributed by atoms with Crippen LogP contribution in [0.15, 0.2) is 54.7 Å². The molecule has 1 saturated carbocycles. The predicted molar refractivity (Wildman–Crippen MR) is 118 cm³/mol. The smallest absolute Gasteiger partial charge is 0.248 e. The highest BCUT2D eigenvalue weighted by Gasteiger charge is 2.33. The molecule has 156 valence electrons. The molecule has 0 saturated heterocycles. The average molecular weight is 398 g/mol. The fourth-order valence-electron chi connectivity index (χ4n) is 3.37. The Morgan fingerprint density at radius 3 is 2.45 bits per heavy atom. The van der Waals surface area contributed by atoms with E-state index in [1.165, 1.54) is 18.9 Å². The van der Waals surface area contributed by atoms with Gasteiger partial charge in [-0.15, -0.1) is 0 Å². The fourth-order valence-corrected chi connectivity index (χ4v) is 3.37. The van der Waals surface area contributed by atoms with E-state index in [4.69, 9.17) is 11.5 Å². The van der Waals surface area contributed by atoms with Gasteiger partial charge < -0.3 is 16.8 Å². The van der Waals surface area contributed by atoms with E-state index in [2.05, 4.69) is 11.9 Å². The second-order valence-electron chi connectivity index (χ2n) is 7.50. The number of hydrogen-bond acceptors (Lipinski definition) is 3. The van der Waals surface area contributed by atoms with Gasteiger partial charge in [0.1, 0.15) is 5.82 Å². The normalized spacial score (nSPS) is 14.9. The Hall–Kier alpha value is -2.66. The first kappa shape index (κ1) is 22.6. The molecular weight excluding hydrogens is 365 g/mol. The molecule has 2 aromatic carbocycles. The van der Waals surface area contributed by atoms with Crippen molar-refractivity contribution >= 4 is 11.6 Å². The number of nitrogens with two attached hydrogens (primary N) is 2. The van der Waals surface area contributed by atoms with E-state index in [1.807, 2.05) is 19.9 Å². The molecule has 1 atom stereocenters. The Bertz CT molecular complexity index is 876. The van der Waals surface area contributed by atoms with E-state index in [0.717, 1.165) is 17.5 Å². The van der Waals surface area contributed by atoms with Gasteiger partial charge in [-0.25, -0.2) is 4.39 Å². The second-order valence-corrected chi connectivity index (χ2v) is 7.50. The van der Waals surface area contributed by atoms with Crippen molar-refractivity contribution in [3.8, 4) is 0 Å². The van der Waals surface area contributed by atoms with E-state index in [-0.39, 0.29) is 5.82 Å². The first-order valence-corrected chi connectivity index (χ1v) is 10.2. The third kappa shape index (κ3) is 5.67. The van der Waals surface area contributed by atoms with E-state index in [9.17, 15) is 9.18 Å². The van der Waals surface area contributed by atoms with E-state index >= 15 is 0 Å². The van der Waals surface area contributed by atoms with Crippen molar-refractivity contribution in [1.82, 2.24) is 0 Å². The zero-order chi connectivity index (χ0) is 21.6. The molecule has 1 aliphatic rings. The minimum Gasteiger partial charge on any atom is -0.366 e. The van der Waals surface area contributed by atoms with Crippen molar-refractivity contribution in [1.29, 1.82) is 0 Å². The van der Waals surface area contributed by atoms with Crippen LogP contribution in [-0.2, 0) is 5.54 Å². The predicted octanol–water partition coefficient (Wildman–Crippen LogP) is 5.29. The lowest BCUT2D eigenvalue weighted by atomic mass is 9.79. The first-order valence-electron chi connectivity index (χ1n) is 10.2. The maximum atomic E-state index is 14.2. The molecule has 0 radical (unpaired) electrons. The molecule has 0 aromatic heterocycles. The highest BCUT2D eigenvalue weighted by atomic mass is 19.1. The van der Waals surface area contributed by atoms with Crippen molar-refractivity contribution in [2.75, 3.05) is 5.32 Å². The number of halogens is 1. The first-order chi connectivity index (χ1) is 13.8. The number of anilines is 1. The number of nitrogens with one attached hydrogen (secondary N) is 1. The summed E-state index contributed by atoms with van der Waals surface area (Å²) in [6, 6.07) is 11.9. The van der Waals surface area contributed by atoms with Crippen LogP contribution in [0.4, 0.5) is 10.1 Å². The van der Waals surface area contributed by atoms with Gasteiger partial charge in [0, 0.05) is 11.3 Å². The number of rotatable bonds is 8. The highest BCUT2D eigenvalue weighted by Crippen LogP contribution is 2.40. The summed E-state index contributed by atoms with van der Waals surface area (Å²) in [5.41, 5.74) is 14.5. The third-order valence-electron chi connectivity index (χ3n) is 5.14. The topological polar surface area (TPSA) is 81.1 Å². The van der Waals surface area contributed by atoms with Crippen LogP contribution in [0.2, 0.25) is 0 Å². The largest absolute Gasteiger partial charge is 0.366 e. The summed E-state index contributed by atoms with van der Waals surface area (Å²) >= 11 is 0. The molecule has 5 heteroatoms. The molecule has 2 aromatic rings. The monoisotopic (exact) mass is 397 g/mol. The van der Waals surface area contributed by atoms with Crippen LogP contribution in [0.1, 0.15) is 67.9 Å². The molecule has 0 heterocycles. The molecule has 5 N–H and O–H groups in total. The Labute approximate surface area is 173 Å². The minimum absolute atomic E-state index is 0.340. The van der Waals surface area contributed by atoms with Crippen molar-refractivity contribution < 1.29 is 9.18 Å². The molecule has 4 nitrogen and oxygen atoms in total. The molecule has 29 heavy (non-hydrogen) atoms.